The van der Waals surface area contributed by atoms with Crippen LogP contribution in [0.1, 0.15) is 32.6 Å². The maximum Gasteiger partial charge on any atom is 0.0289 e. The van der Waals surface area contributed by atoms with Gasteiger partial charge in [0, 0.05) is 16.0 Å². The molecule has 2 atom stereocenters. The van der Waals surface area contributed by atoms with Gasteiger partial charge in [0.15, 0.2) is 0 Å². The molecule has 1 aliphatic carbocycles. The Hall–Kier alpha value is 0.380. The maximum absolute atomic E-state index is 5.72. The molecule has 0 aromatic rings. The third-order valence-electron chi connectivity index (χ3n) is 2.36. The normalized spacial score (nSPS) is 30.2. The van der Waals surface area contributed by atoms with Crippen LogP contribution in [0.5, 0.6) is 0 Å². The van der Waals surface area contributed by atoms with Crippen molar-refractivity contribution in [3.05, 3.63) is 11.6 Å². The molecule has 0 aromatic carbocycles. The summed E-state index contributed by atoms with van der Waals surface area (Å²) in [6.45, 7) is 6.05. The molecule has 12 heavy (non-hydrogen) atoms. The van der Waals surface area contributed by atoms with E-state index in [0.29, 0.717) is 0 Å². The molecule has 0 heterocycles. The summed E-state index contributed by atoms with van der Waals surface area (Å²) in [6, 6.07) is 0. The highest BCUT2D eigenvalue weighted by atomic mass is 35.5. The number of rotatable bonds is 3. The Morgan fingerprint density at radius 1 is 1.58 bits per heavy atom. The summed E-state index contributed by atoms with van der Waals surface area (Å²) >= 11 is 7.70. The molecule has 2 heteroatoms. The van der Waals surface area contributed by atoms with Crippen LogP contribution in [0.4, 0.5) is 0 Å². The molecule has 1 aliphatic rings. The summed E-state index contributed by atoms with van der Waals surface area (Å²) in [7, 11) is 0. The lowest BCUT2D eigenvalue weighted by Gasteiger charge is -2.25. The zero-order valence-corrected chi connectivity index (χ0v) is 9.26. The van der Waals surface area contributed by atoms with Crippen molar-refractivity contribution >= 4 is 23.4 Å². The Morgan fingerprint density at radius 3 is 2.92 bits per heavy atom. The van der Waals surface area contributed by atoms with Crippen molar-refractivity contribution in [1.82, 2.24) is 0 Å². The molecule has 0 spiro atoms. The van der Waals surface area contributed by atoms with E-state index in [1.807, 2.05) is 11.8 Å². The Balaban J connectivity index is 2.18. The third-order valence-corrected chi connectivity index (χ3v) is 4.07. The summed E-state index contributed by atoms with van der Waals surface area (Å²) in [5, 5.41) is 1.63. The zero-order chi connectivity index (χ0) is 8.97. The van der Waals surface area contributed by atoms with Crippen LogP contribution in [0.2, 0.25) is 0 Å². The average Bonchev–Trinajstić information content (AvgIpc) is 2.01. The van der Waals surface area contributed by atoms with Crippen molar-refractivity contribution in [3.8, 4) is 0 Å². The molecule has 0 saturated heterocycles. The van der Waals surface area contributed by atoms with Gasteiger partial charge in [0.05, 0.1) is 0 Å². The second-order valence-corrected chi connectivity index (χ2v) is 5.55. The number of halogens is 1. The van der Waals surface area contributed by atoms with Crippen molar-refractivity contribution in [2.45, 2.75) is 37.9 Å². The zero-order valence-electron chi connectivity index (χ0n) is 7.68. The summed E-state index contributed by atoms with van der Waals surface area (Å²) in [5.74, 6) is 1.85. The molecule has 0 aromatic heterocycles. The number of thioether (sulfide) groups is 1. The summed E-state index contributed by atoms with van der Waals surface area (Å²) in [6.07, 6.45) is 5.56. The molecule has 0 nitrogen and oxygen atoms in total. The van der Waals surface area contributed by atoms with Crippen LogP contribution in [0.25, 0.3) is 0 Å². The Bertz CT molecular complexity index is 156. The van der Waals surface area contributed by atoms with E-state index in [0.717, 1.165) is 22.0 Å². The highest BCUT2D eigenvalue weighted by molar-refractivity contribution is 8.00. The van der Waals surface area contributed by atoms with Crippen molar-refractivity contribution in [2.75, 3.05) is 5.75 Å². The van der Waals surface area contributed by atoms with Crippen LogP contribution < -0.4 is 0 Å². The number of hydrogen-bond acceptors (Lipinski definition) is 1. The predicted molar refractivity (Wildman–Crippen MR) is 58.9 cm³/mol. The van der Waals surface area contributed by atoms with E-state index in [2.05, 4.69) is 13.5 Å². The summed E-state index contributed by atoms with van der Waals surface area (Å²) in [4.78, 5) is 0. The van der Waals surface area contributed by atoms with Gasteiger partial charge in [-0.05, 0) is 18.8 Å². The lowest BCUT2D eigenvalue weighted by atomic mass is 9.91. The van der Waals surface area contributed by atoms with E-state index >= 15 is 0 Å². The van der Waals surface area contributed by atoms with Crippen molar-refractivity contribution in [1.29, 1.82) is 0 Å². The van der Waals surface area contributed by atoms with Gasteiger partial charge in [-0.1, -0.05) is 37.9 Å². The fourth-order valence-corrected chi connectivity index (χ4v) is 3.14. The molecule has 0 radical (unpaired) electrons. The molecule has 70 valence electrons. The first-order valence-corrected chi connectivity index (χ1v) is 6.06. The van der Waals surface area contributed by atoms with E-state index in [1.54, 1.807) is 0 Å². The highest BCUT2D eigenvalue weighted by Crippen LogP contribution is 2.32. The molecule has 2 unspecified atom stereocenters. The molecular formula is C10H17ClS. The molecule has 0 amide bonds. The van der Waals surface area contributed by atoms with Gasteiger partial charge in [-0.2, -0.15) is 11.8 Å². The molecule has 0 bridgehead atoms. The van der Waals surface area contributed by atoms with E-state index < -0.39 is 0 Å². The summed E-state index contributed by atoms with van der Waals surface area (Å²) < 4.78 is 0. The highest BCUT2D eigenvalue weighted by Gasteiger charge is 2.18. The average molecular weight is 205 g/mol. The van der Waals surface area contributed by atoms with Gasteiger partial charge < -0.3 is 0 Å². The Kier molecular flexibility index (Phi) is 4.52. The Morgan fingerprint density at radius 2 is 2.33 bits per heavy atom. The van der Waals surface area contributed by atoms with Crippen molar-refractivity contribution in [2.24, 2.45) is 5.92 Å². The summed E-state index contributed by atoms with van der Waals surface area (Å²) in [5.41, 5.74) is 0. The van der Waals surface area contributed by atoms with Crippen LogP contribution >= 0.6 is 23.4 Å². The minimum absolute atomic E-state index is 0.790. The molecule has 0 N–H and O–H groups in total. The van der Waals surface area contributed by atoms with E-state index in [1.165, 1.54) is 25.7 Å². The van der Waals surface area contributed by atoms with Gasteiger partial charge in [0.2, 0.25) is 0 Å². The van der Waals surface area contributed by atoms with E-state index in [9.17, 15) is 0 Å². The first kappa shape index (κ1) is 10.5. The van der Waals surface area contributed by atoms with Gasteiger partial charge in [0.1, 0.15) is 0 Å². The van der Waals surface area contributed by atoms with Gasteiger partial charge in [-0.15, -0.1) is 0 Å². The van der Waals surface area contributed by atoms with E-state index in [-0.39, 0.29) is 0 Å². The van der Waals surface area contributed by atoms with Crippen LogP contribution in [0.3, 0.4) is 0 Å². The third kappa shape index (κ3) is 3.86. The molecule has 1 fully saturated rings. The lowest BCUT2D eigenvalue weighted by molar-refractivity contribution is 0.394. The van der Waals surface area contributed by atoms with Crippen molar-refractivity contribution in [3.63, 3.8) is 0 Å². The smallest absolute Gasteiger partial charge is 0.0289 e. The standard InChI is InChI=1S/C10H17ClS/c1-8-4-3-5-10(6-8)12-7-9(2)11/h8,10H,2-7H2,1H3. The minimum atomic E-state index is 0.790. The minimum Gasteiger partial charge on any atom is -0.153 e. The van der Waals surface area contributed by atoms with E-state index in [4.69, 9.17) is 11.6 Å². The second-order valence-electron chi connectivity index (χ2n) is 3.72. The monoisotopic (exact) mass is 204 g/mol. The largest absolute Gasteiger partial charge is 0.153 e. The van der Waals surface area contributed by atoms with Gasteiger partial charge in [0.25, 0.3) is 0 Å². The van der Waals surface area contributed by atoms with Gasteiger partial charge >= 0.3 is 0 Å². The van der Waals surface area contributed by atoms with Crippen LogP contribution in [-0.2, 0) is 0 Å². The lowest BCUT2D eigenvalue weighted by Crippen LogP contribution is -2.15. The van der Waals surface area contributed by atoms with Gasteiger partial charge in [-0.25, -0.2) is 0 Å². The Labute approximate surface area is 84.8 Å². The van der Waals surface area contributed by atoms with Gasteiger partial charge in [-0.3, -0.25) is 0 Å². The SMILES string of the molecule is C=C(Cl)CSC1CCCC(C)C1. The van der Waals surface area contributed by atoms with Crippen LogP contribution in [-0.4, -0.2) is 11.0 Å². The number of hydrogen-bond donors (Lipinski definition) is 0. The quantitative estimate of drug-likeness (QED) is 0.669. The van der Waals surface area contributed by atoms with Crippen LogP contribution in [0, 0.1) is 5.92 Å². The predicted octanol–water partition coefficient (Wildman–Crippen LogP) is 4.05. The molecule has 0 aliphatic heterocycles. The molecular weight excluding hydrogens is 188 g/mol. The molecule has 1 rings (SSSR count). The molecule has 1 saturated carbocycles. The first-order chi connectivity index (χ1) is 5.68. The van der Waals surface area contributed by atoms with Crippen LogP contribution in [0.15, 0.2) is 11.6 Å². The fraction of sp³-hybridized carbons (Fsp3) is 0.800. The van der Waals surface area contributed by atoms with Crippen molar-refractivity contribution < 1.29 is 0 Å². The topological polar surface area (TPSA) is 0 Å². The maximum atomic E-state index is 5.72. The fourth-order valence-electron chi connectivity index (χ4n) is 1.74. The second kappa shape index (κ2) is 5.18. The first-order valence-electron chi connectivity index (χ1n) is 4.63.